The third kappa shape index (κ3) is 2.02. The summed E-state index contributed by atoms with van der Waals surface area (Å²) in [6.45, 7) is 2.09. The third-order valence-electron chi connectivity index (χ3n) is 3.06. The minimum atomic E-state index is 0.600. The molecule has 2 aromatic rings. The highest BCUT2D eigenvalue weighted by atomic mass is 15.3. The normalized spacial score (nSPS) is 14.9. The van der Waals surface area contributed by atoms with Crippen molar-refractivity contribution in [2.24, 2.45) is 7.05 Å². The molecule has 1 aliphatic rings. The van der Waals surface area contributed by atoms with E-state index < -0.39 is 0 Å². The van der Waals surface area contributed by atoms with Crippen LogP contribution >= 0.6 is 0 Å². The van der Waals surface area contributed by atoms with Gasteiger partial charge in [0.1, 0.15) is 0 Å². The van der Waals surface area contributed by atoms with Crippen LogP contribution in [0.3, 0.4) is 0 Å². The van der Waals surface area contributed by atoms with Crippen LogP contribution < -0.4 is 5.32 Å². The van der Waals surface area contributed by atoms with Crippen molar-refractivity contribution < 1.29 is 0 Å². The summed E-state index contributed by atoms with van der Waals surface area (Å²) in [5, 5.41) is 11.8. The number of aromatic nitrogens is 3. The van der Waals surface area contributed by atoms with Crippen LogP contribution in [0.2, 0.25) is 0 Å². The largest absolute Gasteiger partial charge is 0.352 e. The highest BCUT2D eigenvalue weighted by Gasteiger charge is 2.23. The van der Waals surface area contributed by atoms with E-state index in [4.69, 9.17) is 0 Å². The van der Waals surface area contributed by atoms with E-state index >= 15 is 0 Å². The maximum Gasteiger partial charge on any atom is 0.224 e. The maximum absolute atomic E-state index is 4.26. The smallest absolute Gasteiger partial charge is 0.224 e. The summed E-state index contributed by atoms with van der Waals surface area (Å²) in [7, 11) is 2.00. The minimum Gasteiger partial charge on any atom is -0.352 e. The van der Waals surface area contributed by atoms with Crippen molar-refractivity contribution in [3.05, 3.63) is 29.8 Å². The molecule has 0 spiro atoms. The highest BCUT2D eigenvalue weighted by molar-refractivity contribution is 5.58. The van der Waals surface area contributed by atoms with E-state index in [9.17, 15) is 0 Å². The van der Waals surface area contributed by atoms with Gasteiger partial charge in [-0.3, -0.25) is 4.57 Å². The molecule has 0 unspecified atom stereocenters. The quantitative estimate of drug-likeness (QED) is 0.877. The Bertz CT molecular complexity index is 540. The maximum atomic E-state index is 4.26. The highest BCUT2D eigenvalue weighted by Crippen LogP contribution is 2.26. The Morgan fingerprint density at radius 2 is 2.12 bits per heavy atom. The number of benzene rings is 1. The lowest BCUT2D eigenvalue weighted by atomic mass is 10.1. The Kier molecular flexibility index (Phi) is 2.35. The molecule has 1 fully saturated rings. The second kappa shape index (κ2) is 3.87. The van der Waals surface area contributed by atoms with Gasteiger partial charge in [0.25, 0.3) is 0 Å². The molecule has 1 aromatic carbocycles. The molecule has 1 N–H and O–H groups in total. The molecular formula is C13H16N4. The van der Waals surface area contributed by atoms with Gasteiger partial charge in [0.05, 0.1) is 0 Å². The van der Waals surface area contributed by atoms with Gasteiger partial charge in [0.2, 0.25) is 5.95 Å². The molecule has 0 radical (unpaired) electrons. The van der Waals surface area contributed by atoms with Crippen LogP contribution in [0, 0.1) is 6.92 Å². The topological polar surface area (TPSA) is 42.7 Å². The van der Waals surface area contributed by atoms with Crippen LogP contribution in [-0.2, 0) is 7.05 Å². The fourth-order valence-electron chi connectivity index (χ4n) is 1.90. The van der Waals surface area contributed by atoms with E-state index in [-0.39, 0.29) is 0 Å². The number of aryl methyl sites for hydroxylation is 1. The third-order valence-corrected chi connectivity index (χ3v) is 3.06. The Morgan fingerprint density at radius 3 is 2.82 bits per heavy atom. The zero-order valence-corrected chi connectivity index (χ0v) is 10.1. The van der Waals surface area contributed by atoms with Gasteiger partial charge in [-0.2, -0.15) is 0 Å². The SMILES string of the molecule is Cc1cccc(-c2nnc(NC3CC3)n2C)c1. The molecule has 4 nitrogen and oxygen atoms in total. The van der Waals surface area contributed by atoms with Gasteiger partial charge < -0.3 is 5.32 Å². The first-order valence-electron chi connectivity index (χ1n) is 5.97. The Balaban J connectivity index is 1.94. The number of hydrogen-bond donors (Lipinski definition) is 1. The molecule has 0 bridgehead atoms. The lowest BCUT2D eigenvalue weighted by Crippen LogP contribution is -2.07. The summed E-state index contributed by atoms with van der Waals surface area (Å²) in [6, 6.07) is 8.93. The van der Waals surface area contributed by atoms with Gasteiger partial charge in [-0.25, -0.2) is 0 Å². The lowest BCUT2D eigenvalue weighted by molar-refractivity contribution is 0.905. The average molecular weight is 228 g/mol. The predicted molar refractivity (Wildman–Crippen MR) is 67.8 cm³/mol. The molecule has 4 heteroatoms. The van der Waals surface area contributed by atoms with Crippen molar-refractivity contribution in [2.75, 3.05) is 5.32 Å². The van der Waals surface area contributed by atoms with Crippen molar-refractivity contribution in [1.82, 2.24) is 14.8 Å². The van der Waals surface area contributed by atoms with E-state index in [0.717, 1.165) is 17.3 Å². The summed E-state index contributed by atoms with van der Waals surface area (Å²) in [5.41, 5.74) is 2.35. The standard InChI is InChI=1S/C13H16N4/c1-9-4-3-5-10(8-9)12-15-16-13(17(12)2)14-11-6-7-11/h3-5,8,11H,6-7H2,1-2H3,(H,14,16). The summed E-state index contributed by atoms with van der Waals surface area (Å²) < 4.78 is 2.02. The van der Waals surface area contributed by atoms with E-state index in [1.54, 1.807) is 0 Å². The molecule has 3 rings (SSSR count). The number of rotatable bonds is 3. The van der Waals surface area contributed by atoms with Crippen LogP contribution in [0.25, 0.3) is 11.4 Å². The van der Waals surface area contributed by atoms with Gasteiger partial charge in [-0.15, -0.1) is 10.2 Å². The van der Waals surface area contributed by atoms with Crippen molar-refractivity contribution in [3.63, 3.8) is 0 Å². The Morgan fingerprint density at radius 1 is 1.29 bits per heavy atom. The van der Waals surface area contributed by atoms with E-state index in [2.05, 4.69) is 40.6 Å². The molecule has 0 atom stereocenters. The molecule has 0 aliphatic heterocycles. The zero-order chi connectivity index (χ0) is 11.8. The van der Waals surface area contributed by atoms with Crippen LogP contribution in [-0.4, -0.2) is 20.8 Å². The van der Waals surface area contributed by atoms with Crippen LogP contribution in [0.4, 0.5) is 5.95 Å². The number of anilines is 1. The summed E-state index contributed by atoms with van der Waals surface area (Å²) in [4.78, 5) is 0. The van der Waals surface area contributed by atoms with Crippen molar-refractivity contribution in [2.45, 2.75) is 25.8 Å². The van der Waals surface area contributed by atoms with Gasteiger partial charge in [-0.1, -0.05) is 23.8 Å². The summed E-state index contributed by atoms with van der Waals surface area (Å²) >= 11 is 0. The first-order chi connectivity index (χ1) is 8.24. The molecule has 88 valence electrons. The van der Waals surface area contributed by atoms with E-state index in [0.29, 0.717) is 6.04 Å². The second-order valence-corrected chi connectivity index (χ2v) is 4.69. The van der Waals surface area contributed by atoms with Crippen LogP contribution in [0.5, 0.6) is 0 Å². The molecule has 1 aromatic heterocycles. The monoisotopic (exact) mass is 228 g/mol. The molecular weight excluding hydrogens is 212 g/mol. The van der Waals surface area contributed by atoms with Gasteiger partial charge >= 0.3 is 0 Å². The van der Waals surface area contributed by atoms with E-state index in [1.807, 2.05) is 17.7 Å². The molecule has 1 aliphatic carbocycles. The van der Waals surface area contributed by atoms with Crippen molar-refractivity contribution in [1.29, 1.82) is 0 Å². The van der Waals surface area contributed by atoms with Crippen LogP contribution in [0.1, 0.15) is 18.4 Å². The van der Waals surface area contributed by atoms with Crippen LogP contribution in [0.15, 0.2) is 24.3 Å². The zero-order valence-electron chi connectivity index (χ0n) is 10.1. The predicted octanol–water partition coefficient (Wildman–Crippen LogP) is 2.36. The number of hydrogen-bond acceptors (Lipinski definition) is 3. The van der Waals surface area contributed by atoms with Gasteiger partial charge in [0, 0.05) is 18.7 Å². The van der Waals surface area contributed by atoms with E-state index in [1.165, 1.54) is 18.4 Å². The second-order valence-electron chi connectivity index (χ2n) is 4.69. The fourth-order valence-corrected chi connectivity index (χ4v) is 1.90. The summed E-state index contributed by atoms with van der Waals surface area (Å²) in [5.74, 6) is 1.78. The van der Waals surface area contributed by atoms with Crippen molar-refractivity contribution in [3.8, 4) is 11.4 Å². The molecule has 17 heavy (non-hydrogen) atoms. The fraction of sp³-hybridized carbons (Fsp3) is 0.385. The minimum absolute atomic E-state index is 0.600. The van der Waals surface area contributed by atoms with Gasteiger partial charge in [-0.05, 0) is 25.8 Å². The number of nitrogens with zero attached hydrogens (tertiary/aromatic N) is 3. The molecule has 0 amide bonds. The summed E-state index contributed by atoms with van der Waals surface area (Å²) in [6.07, 6.45) is 2.49. The first kappa shape index (κ1) is 10.3. The Hall–Kier alpha value is -1.84. The lowest BCUT2D eigenvalue weighted by Gasteiger charge is -2.05. The van der Waals surface area contributed by atoms with Gasteiger partial charge in [0.15, 0.2) is 5.82 Å². The average Bonchev–Trinajstić information content (AvgIpc) is 3.04. The van der Waals surface area contributed by atoms with Crippen molar-refractivity contribution >= 4 is 5.95 Å². The Labute approximate surface area is 101 Å². The molecule has 0 saturated heterocycles. The first-order valence-corrected chi connectivity index (χ1v) is 5.97. The number of nitrogens with one attached hydrogen (secondary N) is 1. The molecule has 1 saturated carbocycles. The molecule has 1 heterocycles.